The predicted octanol–water partition coefficient (Wildman–Crippen LogP) is 5.04. The molecule has 0 spiro atoms. The standard InChI is InChI=1S/2C11H20O4/c2*1-9(11(14)15)7-5-3-2-4-6-8-10(12)13/h2*9H,2-8H2,1H3,(H,12,13)(H,14,15). The van der Waals surface area contributed by atoms with Gasteiger partial charge in [0.15, 0.2) is 0 Å². The molecule has 0 radical (unpaired) electrons. The Hall–Kier alpha value is -2.12. The van der Waals surface area contributed by atoms with Crippen LogP contribution in [0.3, 0.4) is 0 Å². The van der Waals surface area contributed by atoms with Crippen molar-refractivity contribution >= 4 is 23.9 Å². The van der Waals surface area contributed by atoms with Crippen LogP contribution in [0, 0.1) is 11.8 Å². The Balaban J connectivity index is 0. The number of hydrogen-bond donors (Lipinski definition) is 4. The normalized spacial score (nSPS) is 12.3. The van der Waals surface area contributed by atoms with E-state index in [1.54, 1.807) is 13.8 Å². The maximum atomic E-state index is 10.5. The van der Waals surface area contributed by atoms with Crippen molar-refractivity contribution in [1.82, 2.24) is 0 Å². The summed E-state index contributed by atoms with van der Waals surface area (Å²) in [4.78, 5) is 41.3. The zero-order valence-electron chi connectivity index (χ0n) is 18.5. The zero-order chi connectivity index (χ0) is 23.4. The van der Waals surface area contributed by atoms with Crippen molar-refractivity contribution in [3.63, 3.8) is 0 Å². The van der Waals surface area contributed by atoms with Gasteiger partial charge in [0.1, 0.15) is 0 Å². The highest BCUT2D eigenvalue weighted by molar-refractivity contribution is 5.69. The maximum Gasteiger partial charge on any atom is 0.306 e. The molecule has 176 valence electrons. The first-order valence-corrected chi connectivity index (χ1v) is 11.0. The van der Waals surface area contributed by atoms with Crippen molar-refractivity contribution < 1.29 is 39.6 Å². The molecule has 4 N–H and O–H groups in total. The van der Waals surface area contributed by atoms with Crippen molar-refractivity contribution in [1.29, 1.82) is 0 Å². The van der Waals surface area contributed by atoms with Crippen molar-refractivity contribution in [3.05, 3.63) is 0 Å². The van der Waals surface area contributed by atoms with Gasteiger partial charge in [0.05, 0.1) is 11.8 Å². The Labute approximate surface area is 179 Å². The van der Waals surface area contributed by atoms with Gasteiger partial charge in [-0.1, -0.05) is 65.2 Å². The molecule has 0 amide bonds. The van der Waals surface area contributed by atoms with Crippen LogP contribution in [0.4, 0.5) is 0 Å². The third-order valence-electron chi connectivity index (χ3n) is 4.90. The molecule has 0 aliphatic carbocycles. The van der Waals surface area contributed by atoms with Crippen molar-refractivity contribution in [2.24, 2.45) is 11.8 Å². The molecule has 0 bridgehead atoms. The van der Waals surface area contributed by atoms with E-state index in [-0.39, 0.29) is 24.7 Å². The molecule has 0 aromatic heterocycles. The van der Waals surface area contributed by atoms with Gasteiger partial charge in [-0.3, -0.25) is 19.2 Å². The van der Waals surface area contributed by atoms with Gasteiger partial charge in [0.2, 0.25) is 0 Å². The van der Waals surface area contributed by atoms with Gasteiger partial charge in [-0.05, 0) is 25.7 Å². The molecule has 8 nitrogen and oxygen atoms in total. The monoisotopic (exact) mass is 432 g/mol. The van der Waals surface area contributed by atoms with Crippen LogP contribution < -0.4 is 0 Å². The van der Waals surface area contributed by atoms with Crippen LogP contribution in [0.25, 0.3) is 0 Å². The average Bonchev–Trinajstić information content (AvgIpc) is 2.65. The van der Waals surface area contributed by atoms with Gasteiger partial charge >= 0.3 is 23.9 Å². The molecule has 0 aromatic carbocycles. The second-order valence-electron chi connectivity index (χ2n) is 7.88. The van der Waals surface area contributed by atoms with Crippen LogP contribution in [0.2, 0.25) is 0 Å². The van der Waals surface area contributed by atoms with Gasteiger partial charge in [-0.15, -0.1) is 0 Å². The summed E-state index contributed by atoms with van der Waals surface area (Å²) >= 11 is 0. The fourth-order valence-electron chi connectivity index (χ4n) is 2.76. The van der Waals surface area contributed by atoms with E-state index in [1.807, 2.05) is 0 Å². The highest BCUT2D eigenvalue weighted by Gasteiger charge is 2.10. The van der Waals surface area contributed by atoms with E-state index in [2.05, 4.69) is 0 Å². The summed E-state index contributed by atoms with van der Waals surface area (Å²) in [5, 5.41) is 34.0. The molecular weight excluding hydrogens is 392 g/mol. The van der Waals surface area contributed by atoms with Crippen LogP contribution in [0.5, 0.6) is 0 Å². The summed E-state index contributed by atoms with van der Waals surface area (Å²) in [6.45, 7) is 3.43. The van der Waals surface area contributed by atoms with E-state index >= 15 is 0 Å². The molecule has 0 saturated carbocycles. The second-order valence-corrected chi connectivity index (χ2v) is 7.88. The van der Waals surface area contributed by atoms with Gasteiger partial charge < -0.3 is 20.4 Å². The third kappa shape index (κ3) is 23.9. The third-order valence-corrected chi connectivity index (χ3v) is 4.90. The molecule has 2 atom stereocenters. The number of carboxylic acids is 4. The fraction of sp³-hybridized carbons (Fsp3) is 0.818. The van der Waals surface area contributed by atoms with Crippen LogP contribution in [0.1, 0.15) is 104 Å². The summed E-state index contributed by atoms with van der Waals surface area (Å²) < 4.78 is 0. The van der Waals surface area contributed by atoms with Crippen molar-refractivity contribution in [2.45, 2.75) is 104 Å². The molecule has 0 fully saturated rings. The topological polar surface area (TPSA) is 149 Å². The van der Waals surface area contributed by atoms with E-state index in [0.717, 1.165) is 64.2 Å². The number of rotatable bonds is 18. The molecule has 0 aliphatic rings. The largest absolute Gasteiger partial charge is 0.481 e. The minimum absolute atomic E-state index is 0.242. The summed E-state index contributed by atoms with van der Waals surface area (Å²) in [7, 11) is 0. The predicted molar refractivity (Wildman–Crippen MR) is 114 cm³/mol. The van der Waals surface area contributed by atoms with Crippen LogP contribution in [0.15, 0.2) is 0 Å². The molecule has 30 heavy (non-hydrogen) atoms. The Morgan fingerprint density at radius 2 is 0.767 bits per heavy atom. The smallest absolute Gasteiger partial charge is 0.306 e. The van der Waals surface area contributed by atoms with Crippen LogP contribution in [-0.4, -0.2) is 44.3 Å². The Morgan fingerprint density at radius 1 is 0.500 bits per heavy atom. The van der Waals surface area contributed by atoms with Crippen molar-refractivity contribution in [3.8, 4) is 0 Å². The molecule has 2 unspecified atom stereocenters. The summed E-state index contributed by atoms with van der Waals surface area (Å²) in [5.41, 5.74) is 0. The molecule has 8 heteroatoms. The SMILES string of the molecule is CC(CCCCCCCC(=O)O)C(=O)O.CC(CCCCCCCC(=O)O)C(=O)O. The van der Waals surface area contributed by atoms with E-state index < -0.39 is 23.9 Å². The van der Waals surface area contributed by atoms with E-state index in [0.29, 0.717) is 12.8 Å². The van der Waals surface area contributed by atoms with Gasteiger partial charge in [-0.25, -0.2) is 0 Å². The Kier molecular flexibility index (Phi) is 20.2. The van der Waals surface area contributed by atoms with Crippen molar-refractivity contribution in [2.75, 3.05) is 0 Å². The van der Waals surface area contributed by atoms with E-state index in [1.165, 1.54) is 0 Å². The fourth-order valence-corrected chi connectivity index (χ4v) is 2.76. The number of hydrogen-bond acceptors (Lipinski definition) is 4. The van der Waals surface area contributed by atoms with Gasteiger partial charge in [-0.2, -0.15) is 0 Å². The Bertz CT molecular complexity index is 446. The first-order chi connectivity index (χ1) is 14.1. The molecule has 0 aromatic rings. The maximum absolute atomic E-state index is 10.5. The highest BCUT2D eigenvalue weighted by Crippen LogP contribution is 2.13. The lowest BCUT2D eigenvalue weighted by Crippen LogP contribution is -2.08. The first-order valence-electron chi connectivity index (χ1n) is 11.0. The summed E-state index contributed by atoms with van der Waals surface area (Å²) in [6, 6.07) is 0. The molecule has 0 heterocycles. The lowest BCUT2D eigenvalue weighted by atomic mass is 10.0. The van der Waals surface area contributed by atoms with Gasteiger partial charge in [0, 0.05) is 12.8 Å². The molecule has 0 rings (SSSR count). The zero-order valence-corrected chi connectivity index (χ0v) is 18.5. The lowest BCUT2D eigenvalue weighted by molar-refractivity contribution is -0.142. The summed E-state index contributed by atoms with van der Waals surface area (Å²) in [5.74, 6) is -3.47. The lowest BCUT2D eigenvalue weighted by Gasteiger charge is -2.05. The summed E-state index contributed by atoms with van der Waals surface area (Å²) in [6.07, 6.45) is 11.0. The number of aliphatic carboxylic acids is 4. The minimum atomic E-state index is -0.741. The average molecular weight is 433 g/mol. The number of carbonyl (C=O) groups is 4. The molecular formula is C22H40O8. The highest BCUT2D eigenvalue weighted by atomic mass is 16.4. The Morgan fingerprint density at radius 3 is 1.03 bits per heavy atom. The molecule has 0 aliphatic heterocycles. The second kappa shape index (κ2) is 20.2. The minimum Gasteiger partial charge on any atom is -0.481 e. The molecule has 0 saturated heterocycles. The van der Waals surface area contributed by atoms with E-state index in [9.17, 15) is 19.2 Å². The quantitative estimate of drug-likeness (QED) is 0.220. The number of carboxylic acid groups (broad SMARTS) is 4. The number of unbranched alkanes of at least 4 members (excludes halogenated alkanes) is 8. The van der Waals surface area contributed by atoms with Crippen LogP contribution >= 0.6 is 0 Å². The first kappa shape index (κ1) is 30.1. The van der Waals surface area contributed by atoms with Crippen LogP contribution in [-0.2, 0) is 19.2 Å². The van der Waals surface area contributed by atoms with Gasteiger partial charge in [0.25, 0.3) is 0 Å². The van der Waals surface area contributed by atoms with E-state index in [4.69, 9.17) is 20.4 Å².